The Bertz CT molecular complexity index is 1270. The molecule has 0 saturated heterocycles. The maximum absolute atomic E-state index is 13.6. The summed E-state index contributed by atoms with van der Waals surface area (Å²) in [6.07, 6.45) is 3.06. The average Bonchev–Trinajstić information content (AvgIpc) is 3.48. The lowest BCUT2D eigenvalue weighted by Crippen LogP contribution is -2.63. The zero-order chi connectivity index (χ0) is 30.6. The Morgan fingerprint density at radius 1 is 1.21 bits per heavy atom. The van der Waals surface area contributed by atoms with E-state index in [1.165, 1.54) is 7.11 Å². The molecule has 9 atom stereocenters. The van der Waals surface area contributed by atoms with E-state index in [1.54, 1.807) is 24.3 Å². The number of Topliss-reactive ketones (excluding diaryl/α,β-unsaturated/α-hetero) is 1. The second-order valence-corrected chi connectivity index (χ2v) is 13.4. The first-order chi connectivity index (χ1) is 19.8. The largest absolute Gasteiger partial charge is 0.492 e. The van der Waals surface area contributed by atoms with Crippen molar-refractivity contribution in [3.63, 3.8) is 0 Å². The molecule has 10 heteroatoms. The van der Waals surface area contributed by atoms with Gasteiger partial charge in [0.1, 0.15) is 17.6 Å². The number of fused-ring (bicyclic) bond motifs is 1. The van der Waals surface area contributed by atoms with Gasteiger partial charge in [-0.2, -0.15) is 0 Å². The zero-order valence-corrected chi connectivity index (χ0v) is 25.3. The van der Waals surface area contributed by atoms with Gasteiger partial charge in [0, 0.05) is 23.2 Å². The van der Waals surface area contributed by atoms with E-state index in [1.807, 2.05) is 6.92 Å². The molecule has 3 fully saturated rings. The molecular weight excluding hydrogens is 539 g/mol. The van der Waals surface area contributed by atoms with E-state index in [4.69, 9.17) is 18.9 Å². The fourth-order valence-corrected chi connectivity index (χ4v) is 8.68. The van der Waals surface area contributed by atoms with Crippen LogP contribution < -0.4 is 10.2 Å². The summed E-state index contributed by atoms with van der Waals surface area (Å²) in [4.78, 5) is 38.6. The third kappa shape index (κ3) is 4.79. The monoisotopic (exact) mass is 582 g/mol. The number of hydrogen-bond acceptors (Lipinski definition) is 9. The number of ketones is 1. The number of esters is 2. The molecule has 228 valence electrons. The van der Waals surface area contributed by atoms with Crippen molar-refractivity contribution in [2.45, 2.75) is 84.5 Å². The standard InChI is InChI=1S/C32H43BO9/c1-7-30(4)16-25(31(5)18(2)10-12-32(19(3)29(30)37)13-11-23(34)28(31)32)41-27(36)17-40-20-8-9-21-22(14-20)33(38)42-24(21)15-26(35)39-6/h7-9,14,18-19,24-25,28-29,37-38H,1,10-13,15-17H2,2-6H3/t18-,19-,24?,25+,28-,29-,30+,31-,32-/m0/s1. The molecule has 42 heavy (non-hydrogen) atoms. The molecule has 0 radical (unpaired) electrons. The Morgan fingerprint density at radius 3 is 2.64 bits per heavy atom. The van der Waals surface area contributed by atoms with E-state index < -0.39 is 48.2 Å². The number of hydrogen-bond donors (Lipinski definition) is 2. The van der Waals surface area contributed by atoms with Crippen molar-refractivity contribution in [3.8, 4) is 5.75 Å². The zero-order valence-electron chi connectivity index (χ0n) is 25.3. The Kier molecular flexibility index (Phi) is 8.13. The minimum absolute atomic E-state index is 0.0342. The number of aliphatic hydroxyl groups is 1. The van der Waals surface area contributed by atoms with Crippen LogP contribution in [0.5, 0.6) is 5.75 Å². The second kappa shape index (κ2) is 11.1. The number of ether oxygens (including phenoxy) is 3. The van der Waals surface area contributed by atoms with Gasteiger partial charge in [-0.05, 0) is 66.1 Å². The van der Waals surface area contributed by atoms with Crippen molar-refractivity contribution >= 4 is 30.3 Å². The van der Waals surface area contributed by atoms with Gasteiger partial charge in [0.15, 0.2) is 6.61 Å². The fourth-order valence-electron chi connectivity index (χ4n) is 8.68. The summed E-state index contributed by atoms with van der Waals surface area (Å²) < 4.78 is 22.2. The lowest BCUT2D eigenvalue weighted by Gasteiger charge is -2.61. The van der Waals surface area contributed by atoms with E-state index >= 15 is 0 Å². The quantitative estimate of drug-likeness (QED) is 0.283. The van der Waals surface area contributed by atoms with Crippen molar-refractivity contribution < 1.29 is 43.4 Å². The van der Waals surface area contributed by atoms with Gasteiger partial charge in [0.05, 0.1) is 25.7 Å². The molecule has 1 unspecified atom stereocenters. The molecule has 1 aromatic rings. The van der Waals surface area contributed by atoms with Gasteiger partial charge in [-0.25, -0.2) is 4.79 Å². The van der Waals surface area contributed by atoms with Crippen LogP contribution in [0, 0.1) is 34.0 Å². The number of aliphatic hydroxyl groups excluding tert-OH is 1. The van der Waals surface area contributed by atoms with Crippen LogP contribution in [0.4, 0.5) is 0 Å². The third-order valence-corrected chi connectivity index (χ3v) is 11.5. The Labute approximate surface area is 248 Å². The summed E-state index contributed by atoms with van der Waals surface area (Å²) in [6.45, 7) is 11.9. The first-order valence-corrected chi connectivity index (χ1v) is 15.0. The van der Waals surface area contributed by atoms with E-state index in [9.17, 15) is 24.5 Å². The number of methoxy groups -OCH3 is 1. The number of carbonyl (C=O) groups excluding carboxylic acids is 3. The highest BCUT2D eigenvalue weighted by Gasteiger charge is 2.68. The van der Waals surface area contributed by atoms with Crippen molar-refractivity contribution in [1.29, 1.82) is 0 Å². The Morgan fingerprint density at radius 2 is 1.95 bits per heavy atom. The van der Waals surface area contributed by atoms with Crippen LogP contribution in [-0.2, 0) is 28.5 Å². The molecule has 4 aliphatic rings. The molecule has 0 aromatic heterocycles. The second-order valence-electron chi connectivity index (χ2n) is 13.4. The summed E-state index contributed by atoms with van der Waals surface area (Å²) >= 11 is 0. The van der Waals surface area contributed by atoms with Gasteiger partial charge in [-0.3, -0.25) is 9.59 Å². The van der Waals surface area contributed by atoms with Crippen LogP contribution in [0.2, 0.25) is 0 Å². The smallest absolute Gasteiger partial charge is 0.482 e. The third-order valence-electron chi connectivity index (χ3n) is 11.5. The Hall–Kier alpha value is -2.69. The molecule has 2 N–H and O–H groups in total. The van der Waals surface area contributed by atoms with E-state index in [-0.39, 0.29) is 42.0 Å². The summed E-state index contributed by atoms with van der Waals surface area (Å²) in [5.74, 6) is -0.768. The van der Waals surface area contributed by atoms with Crippen LogP contribution in [-0.4, -0.2) is 60.9 Å². The number of rotatable bonds is 7. The van der Waals surface area contributed by atoms with E-state index in [0.717, 1.165) is 19.3 Å². The minimum atomic E-state index is -1.23. The average molecular weight is 582 g/mol. The van der Waals surface area contributed by atoms with E-state index in [2.05, 4.69) is 27.4 Å². The topological polar surface area (TPSA) is 129 Å². The molecule has 0 amide bonds. The first kappa shape index (κ1) is 30.8. The molecule has 1 aromatic carbocycles. The maximum Gasteiger partial charge on any atom is 0.492 e. The van der Waals surface area contributed by atoms with Crippen LogP contribution in [0.1, 0.15) is 77.9 Å². The fraction of sp³-hybridized carbons (Fsp3) is 0.656. The number of carbonyl (C=O) groups is 3. The normalized spacial score (nSPS) is 39.0. The SMILES string of the molecule is C=C[C@]1(C)C[C@@H](OC(=O)COc2ccc3c(c2)B(O)OC3CC(=O)OC)[C@@]2(C)[C@@H]3C(=O)CC[C@@]3(CC[C@@H]2C)[C@@H](C)[C@@H]1O. The number of benzene rings is 1. The van der Waals surface area contributed by atoms with Gasteiger partial charge in [-0.1, -0.05) is 39.8 Å². The summed E-state index contributed by atoms with van der Waals surface area (Å²) in [5, 5.41) is 22.0. The summed E-state index contributed by atoms with van der Waals surface area (Å²) in [5.41, 5.74) is -0.562. The van der Waals surface area contributed by atoms with Crippen molar-refractivity contribution in [3.05, 3.63) is 36.4 Å². The molecule has 5 rings (SSSR count). The molecule has 3 saturated carbocycles. The lowest BCUT2D eigenvalue weighted by molar-refractivity contribution is -0.207. The highest BCUT2D eigenvalue weighted by molar-refractivity contribution is 6.61. The summed E-state index contributed by atoms with van der Waals surface area (Å²) in [6, 6.07) is 4.93. The molecule has 2 bridgehead atoms. The van der Waals surface area contributed by atoms with Gasteiger partial charge >= 0.3 is 19.1 Å². The van der Waals surface area contributed by atoms with E-state index in [0.29, 0.717) is 29.6 Å². The van der Waals surface area contributed by atoms with Gasteiger partial charge in [0.2, 0.25) is 0 Å². The molecule has 9 nitrogen and oxygen atoms in total. The Balaban J connectivity index is 1.37. The van der Waals surface area contributed by atoms with Crippen molar-refractivity contribution in [1.82, 2.24) is 0 Å². The summed E-state index contributed by atoms with van der Waals surface area (Å²) in [7, 11) is 0.0569. The molecule has 1 heterocycles. The first-order valence-electron chi connectivity index (χ1n) is 15.0. The molecule has 0 spiro atoms. The predicted molar refractivity (Wildman–Crippen MR) is 155 cm³/mol. The van der Waals surface area contributed by atoms with Crippen LogP contribution in [0.3, 0.4) is 0 Å². The van der Waals surface area contributed by atoms with Gasteiger partial charge < -0.3 is 29.0 Å². The van der Waals surface area contributed by atoms with Crippen molar-refractivity contribution in [2.75, 3.05) is 13.7 Å². The predicted octanol–water partition coefficient (Wildman–Crippen LogP) is 3.29. The molecule has 1 aliphatic heterocycles. The maximum atomic E-state index is 13.6. The molecular formula is C32H43BO9. The minimum Gasteiger partial charge on any atom is -0.482 e. The highest BCUT2D eigenvalue weighted by Crippen LogP contribution is 2.68. The van der Waals surface area contributed by atoms with Crippen LogP contribution in [0.25, 0.3) is 0 Å². The highest BCUT2D eigenvalue weighted by atomic mass is 16.6. The van der Waals surface area contributed by atoms with Gasteiger partial charge in [-0.15, -0.1) is 6.58 Å². The van der Waals surface area contributed by atoms with Crippen LogP contribution >= 0.6 is 0 Å². The molecule has 3 aliphatic carbocycles. The van der Waals surface area contributed by atoms with Crippen molar-refractivity contribution in [2.24, 2.45) is 34.0 Å². The van der Waals surface area contributed by atoms with Gasteiger partial charge in [0.25, 0.3) is 0 Å². The van der Waals surface area contributed by atoms with Crippen LogP contribution in [0.15, 0.2) is 30.9 Å². The lowest BCUT2D eigenvalue weighted by atomic mass is 9.44.